The van der Waals surface area contributed by atoms with Gasteiger partial charge in [-0.1, -0.05) is 0 Å². The van der Waals surface area contributed by atoms with Crippen molar-refractivity contribution in [3.8, 4) is 11.5 Å². The molecule has 3 rings (SSSR count). The van der Waals surface area contributed by atoms with Gasteiger partial charge in [-0.05, 0) is 38.8 Å². The third-order valence-electron chi connectivity index (χ3n) is 4.30. The monoisotopic (exact) mass is 303 g/mol. The van der Waals surface area contributed by atoms with Gasteiger partial charge in [0, 0.05) is 12.1 Å². The largest absolute Gasteiger partial charge is 0.493 e. The summed E-state index contributed by atoms with van der Waals surface area (Å²) in [6.45, 7) is 0. The van der Waals surface area contributed by atoms with E-state index in [1.54, 1.807) is 19.2 Å². The quantitative estimate of drug-likeness (QED) is 0.901. The van der Waals surface area contributed by atoms with Crippen LogP contribution in [0.4, 0.5) is 0 Å². The van der Waals surface area contributed by atoms with E-state index in [9.17, 15) is 4.79 Å². The van der Waals surface area contributed by atoms with Gasteiger partial charge < -0.3 is 19.8 Å². The number of methoxy groups -OCH3 is 1. The molecule has 1 aliphatic rings. The van der Waals surface area contributed by atoms with Gasteiger partial charge in [-0.3, -0.25) is 4.79 Å². The van der Waals surface area contributed by atoms with Crippen LogP contribution in [0.2, 0.25) is 0 Å². The van der Waals surface area contributed by atoms with E-state index in [2.05, 4.69) is 15.3 Å². The Bertz CT molecular complexity index is 705. The molecule has 1 saturated carbocycles. The smallest absolute Gasteiger partial charge is 0.258 e. The minimum atomic E-state index is -0.170. The first-order chi connectivity index (χ1) is 10.7. The Kier molecular flexibility index (Phi) is 4.29. The highest BCUT2D eigenvalue weighted by Gasteiger charge is 2.22. The van der Waals surface area contributed by atoms with Crippen LogP contribution in [0.15, 0.2) is 23.3 Å². The zero-order valence-corrected chi connectivity index (χ0v) is 12.9. The van der Waals surface area contributed by atoms with Crippen LogP contribution in [0.5, 0.6) is 11.5 Å². The van der Waals surface area contributed by atoms with E-state index in [0.29, 0.717) is 28.4 Å². The Morgan fingerprint density at radius 3 is 2.68 bits per heavy atom. The summed E-state index contributed by atoms with van der Waals surface area (Å²) in [7, 11) is 3.59. The lowest BCUT2D eigenvalue weighted by Crippen LogP contribution is -2.34. The summed E-state index contributed by atoms with van der Waals surface area (Å²) in [4.78, 5) is 18.6. The minimum Gasteiger partial charge on any atom is -0.493 e. The van der Waals surface area contributed by atoms with E-state index >= 15 is 0 Å². The standard InChI is InChI=1S/C16H21N3O3/c1-17-10-3-5-11(6-4-10)22-15-7-12-13(8-14(15)21-2)18-9-19-16(12)20/h7-11,17H,3-6H2,1-2H3,(H,18,19,20)/t10-,11+. The van der Waals surface area contributed by atoms with Crippen LogP contribution in [0.3, 0.4) is 0 Å². The predicted octanol–water partition coefficient (Wildman–Crippen LogP) is 1.84. The van der Waals surface area contributed by atoms with Crippen molar-refractivity contribution in [1.29, 1.82) is 0 Å². The Morgan fingerprint density at radius 1 is 1.23 bits per heavy atom. The molecule has 0 amide bonds. The van der Waals surface area contributed by atoms with Gasteiger partial charge in [0.2, 0.25) is 0 Å². The lowest BCUT2D eigenvalue weighted by atomic mass is 9.93. The summed E-state index contributed by atoms with van der Waals surface area (Å²) in [5.74, 6) is 1.22. The molecule has 0 spiro atoms. The number of rotatable bonds is 4. The second-order valence-corrected chi connectivity index (χ2v) is 5.63. The molecule has 6 heteroatoms. The summed E-state index contributed by atoms with van der Waals surface area (Å²) in [6.07, 6.45) is 5.74. The van der Waals surface area contributed by atoms with Crippen molar-refractivity contribution < 1.29 is 9.47 Å². The highest BCUT2D eigenvalue weighted by atomic mass is 16.5. The fourth-order valence-corrected chi connectivity index (χ4v) is 2.98. The third kappa shape index (κ3) is 2.92. The molecule has 0 atom stereocenters. The SMILES string of the molecule is CN[C@H]1CC[C@@H](Oc2cc3c(=O)[nH]cnc3cc2OC)CC1. The number of hydrogen-bond acceptors (Lipinski definition) is 5. The topological polar surface area (TPSA) is 76.2 Å². The van der Waals surface area contributed by atoms with Crippen LogP contribution in [0, 0.1) is 0 Å². The maximum absolute atomic E-state index is 11.9. The fraction of sp³-hybridized carbons (Fsp3) is 0.500. The van der Waals surface area contributed by atoms with Crippen LogP contribution in [0.25, 0.3) is 10.9 Å². The first-order valence-corrected chi connectivity index (χ1v) is 7.60. The lowest BCUT2D eigenvalue weighted by Gasteiger charge is -2.29. The van der Waals surface area contributed by atoms with Crippen LogP contribution >= 0.6 is 0 Å². The van der Waals surface area contributed by atoms with E-state index in [4.69, 9.17) is 9.47 Å². The molecule has 0 radical (unpaired) electrons. The first kappa shape index (κ1) is 14.8. The average Bonchev–Trinajstić information content (AvgIpc) is 2.56. The molecule has 2 aromatic rings. The molecule has 1 aliphatic carbocycles. The van der Waals surface area contributed by atoms with E-state index in [1.807, 2.05) is 7.05 Å². The summed E-state index contributed by atoms with van der Waals surface area (Å²) < 4.78 is 11.5. The Balaban J connectivity index is 1.86. The van der Waals surface area contributed by atoms with Crippen LogP contribution in [0.1, 0.15) is 25.7 Å². The molecule has 2 N–H and O–H groups in total. The Hall–Kier alpha value is -2.08. The second kappa shape index (κ2) is 6.36. The first-order valence-electron chi connectivity index (χ1n) is 7.60. The third-order valence-corrected chi connectivity index (χ3v) is 4.30. The predicted molar refractivity (Wildman–Crippen MR) is 84.6 cm³/mol. The number of aromatic nitrogens is 2. The van der Waals surface area contributed by atoms with Crippen molar-refractivity contribution in [2.75, 3.05) is 14.2 Å². The minimum absolute atomic E-state index is 0.159. The van der Waals surface area contributed by atoms with E-state index in [-0.39, 0.29) is 11.7 Å². The number of aromatic amines is 1. The molecule has 1 heterocycles. The van der Waals surface area contributed by atoms with Gasteiger partial charge in [0.15, 0.2) is 11.5 Å². The molecule has 118 valence electrons. The summed E-state index contributed by atoms with van der Waals surface area (Å²) in [6, 6.07) is 4.05. The molecule has 6 nitrogen and oxygen atoms in total. The van der Waals surface area contributed by atoms with Crippen LogP contribution < -0.4 is 20.3 Å². The van der Waals surface area contributed by atoms with Crippen molar-refractivity contribution >= 4 is 10.9 Å². The number of fused-ring (bicyclic) bond motifs is 1. The van der Waals surface area contributed by atoms with Gasteiger partial charge in [0.05, 0.1) is 30.4 Å². The number of H-pyrrole nitrogens is 1. The molecule has 1 aromatic heterocycles. The molecule has 22 heavy (non-hydrogen) atoms. The van der Waals surface area contributed by atoms with Crippen molar-refractivity contribution in [1.82, 2.24) is 15.3 Å². The molecule has 1 aromatic carbocycles. The Labute approximate surface area is 128 Å². The normalized spacial score (nSPS) is 21.7. The van der Waals surface area contributed by atoms with Gasteiger partial charge in [-0.25, -0.2) is 4.98 Å². The number of ether oxygens (including phenoxy) is 2. The summed E-state index contributed by atoms with van der Waals surface area (Å²) in [5, 5.41) is 3.82. The number of nitrogens with one attached hydrogen (secondary N) is 2. The summed E-state index contributed by atoms with van der Waals surface area (Å²) in [5.41, 5.74) is 0.434. The van der Waals surface area contributed by atoms with Gasteiger partial charge in [-0.2, -0.15) is 0 Å². The fourth-order valence-electron chi connectivity index (χ4n) is 2.98. The van der Waals surface area contributed by atoms with E-state index < -0.39 is 0 Å². The zero-order chi connectivity index (χ0) is 15.5. The summed E-state index contributed by atoms with van der Waals surface area (Å²) >= 11 is 0. The molecule has 1 fully saturated rings. The molecule has 0 saturated heterocycles. The Morgan fingerprint density at radius 2 is 2.00 bits per heavy atom. The molecular weight excluding hydrogens is 282 g/mol. The molecular formula is C16H21N3O3. The highest BCUT2D eigenvalue weighted by molar-refractivity contribution is 5.81. The van der Waals surface area contributed by atoms with Crippen LogP contribution in [-0.4, -0.2) is 36.3 Å². The second-order valence-electron chi connectivity index (χ2n) is 5.63. The highest BCUT2D eigenvalue weighted by Crippen LogP contribution is 2.33. The van der Waals surface area contributed by atoms with Crippen molar-refractivity contribution in [3.05, 3.63) is 28.8 Å². The maximum Gasteiger partial charge on any atom is 0.258 e. The number of nitrogens with zero attached hydrogens (tertiary/aromatic N) is 1. The lowest BCUT2D eigenvalue weighted by molar-refractivity contribution is 0.137. The van der Waals surface area contributed by atoms with Gasteiger partial charge in [0.25, 0.3) is 5.56 Å². The number of benzene rings is 1. The molecule has 0 aliphatic heterocycles. The van der Waals surface area contributed by atoms with Gasteiger partial charge in [-0.15, -0.1) is 0 Å². The van der Waals surface area contributed by atoms with Gasteiger partial charge in [0.1, 0.15) is 0 Å². The van der Waals surface area contributed by atoms with E-state index in [0.717, 1.165) is 25.7 Å². The maximum atomic E-state index is 11.9. The molecule has 0 unspecified atom stereocenters. The van der Waals surface area contributed by atoms with Crippen molar-refractivity contribution in [3.63, 3.8) is 0 Å². The van der Waals surface area contributed by atoms with Crippen LogP contribution in [-0.2, 0) is 0 Å². The average molecular weight is 303 g/mol. The van der Waals surface area contributed by atoms with Crippen molar-refractivity contribution in [2.45, 2.75) is 37.8 Å². The number of hydrogen-bond donors (Lipinski definition) is 2. The zero-order valence-electron chi connectivity index (χ0n) is 12.9. The molecule has 0 bridgehead atoms. The van der Waals surface area contributed by atoms with Gasteiger partial charge >= 0.3 is 0 Å². The van der Waals surface area contributed by atoms with Crippen molar-refractivity contribution in [2.24, 2.45) is 0 Å². The van der Waals surface area contributed by atoms with E-state index in [1.165, 1.54) is 6.33 Å².